The molecule has 3 atom stereocenters. The van der Waals surface area contributed by atoms with Crippen LogP contribution in [0.25, 0.3) is 0 Å². The molecule has 1 aromatic rings. The number of methoxy groups -OCH3 is 1. The Morgan fingerprint density at radius 3 is 2.50 bits per heavy atom. The summed E-state index contributed by atoms with van der Waals surface area (Å²) in [4.78, 5) is 21.5. The number of amides is 1. The summed E-state index contributed by atoms with van der Waals surface area (Å²) < 4.78 is 16.4. The van der Waals surface area contributed by atoms with E-state index in [0.717, 1.165) is 43.2 Å². The lowest BCUT2D eigenvalue weighted by Gasteiger charge is -2.35. The van der Waals surface area contributed by atoms with Gasteiger partial charge < -0.3 is 29.3 Å². The van der Waals surface area contributed by atoms with Crippen molar-refractivity contribution >= 4 is 11.9 Å². The largest absolute Gasteiger partial charge is 0.382 e. The molecule has 0 spiro atoms. The van der Waals surface area contributed by atoms with E-state index in [-0.39, 0.29) is 18.1 Å². The lowest BCUT2D eigenvalue weighted by Crippen LogP contribution is -2.48. The number of guanidine groups is 1. The zero-order valence-corrected chi connectivity index (χ0v) is 19.9. The second kappa shape index (κ2) is 12.2. The fraction of sp³-hybridized carbons (Fsp3) is 0.667. The van der Waals surface area contributed by atoms with E-state index in [2.05, 4.69) is 15.2 Å². The summed E-state index contributed by atoms with van der Waals surface area (Å²) in [7, 11) is 3.50. The number of morpholine rings is 1. The normalized spacial score (nSPS) is 24.1. The van der Waals surface area contributed by atoms with Gasteiger partial charge in [0.05, 0.1) is 32.0 Å². The van der Waals surface area contributed by atoms with Gasteiger partial charge in [0.15, 0.2) is 5.96 Å². The van der Waals surface area contributed by atoms with Crippen LogP contribution in [0.5, 0.6) is 0 Å². The first-order valence-corrected chi connectivity index (χ1v) is 11.6. The number of aliphatic imine (C=N–C) groups is 1. The van der Waals surface area contributed by atoms with Gasteiger partial charge in [0, 0.05) is 58.4 Å². The number of hydrogen-bond acceptors (Lipinski definition) is 5. The van der Waals surface area contributed by atoms with Crippen LogP contribution >= 0.6 is 0 Å². The fourth-order valence-corrected chi connectivity index (χ4v) is 4.36. The number of nitrogens with zero attached hydrogens (tertiary/aromatic N) is 3. The highest BCUT2D eigenvalue weighted by Gasteiger charge is 2.27. The fourth-order valence-electron chi connectivity index (χ4n) is 4.36. The van der Waals surface area contributed by atoms with Crippen molar-refractivity contribution < 1.29 is 19.0 Å². The van der Waals surface area contributed by atoms with Crippen molar-refractivity contribution in [3.05, 3.63) is 35.4 Å². The molecule has 2 heterocycles. The van der Waals surface area contributed by atoms with E-state index in [0.29, 0.717) is 38.8 Å². The van der Waals surface area contributed by atoms with Gasteiger partial charge in [-0.15, -0.1) is 0 Å². The quantitative estimate of drug-likeness (QED) is 0.374. The maximum atomic E-state index is 12.8. The van der Waals surface area contributed by atoms with Crippen LogP contribution in [0.1, 0.15) is 36.2 Å². The molecule has 8 heteroatoms. The molecular formula is C24H38N4O4. The lowest BCUT2D eigenvalue weighted by atomic mass is 10.1. The summed E-state index contributed by atoms with van der Waals surface area (Å²) >= 11 is 0. The van der Waals surface area contributed by atoms with Gasteiger partial charge in [0.1, 0.15) is 0 Å². The molecule has 0 saturated carbocycles. The highest BCUT2D eigenvalue weighted by molar-refractivity contribution is 5.94. The third-order valence-electron chi connectivity index (χ3n) is 5.94. The minimum atomic E-state index is 0.0677. The van der Waals surface area contributed by atoms with E-state index < -0.39 is 0 Å². The summed E-state index contributed by atoms with van der Waals surface area (Å²) in [6.07, 6.45) is 1.24. The number of ether oxygens (including phenoxy) is 3. The van der Waals surface area contributed by atoms with Gasteiger partial charge in [-0.25, -0.2) is 0 Å². The lowest BCUT2D eigenvalue weighted by molar-refractivity contribution is -0.0586. The number of carbonyl (C=O) groups is 1. The maximum absolute atomic E-state index is 12.8. The highest BCUT2D eigenvalue weighted by Crippen LogP contribution is 2.17. The van der Waals surface area contributed by atoms with Gasteiger partial charge in [0.25, 0.3) is 5.91 Å². The second-order valence-electron chi connectivity index (χ2n) is 8.73. The van der Waals surface area contributed by atoms with Gasteiger partial charge in [-0.3, -0.25) is 9.79 Å². The molecule has 2 aliphatic heterocycles. The third-order valence-corrected chi connectivity index (χ3v) is 5.94. The number of likely N-dealkylation sites (tertiary alicyclic amines) is 1. The maximum Gasteiger partial charge on any atom is 0.254 e. The molecule has 178 valence electrons. The Labute approximate surface area is 191 Å². The van der Waals surface area contributed by atoms with Crippen molar-refractivity contribution in [3.8, 4) is 0 Å². The Morgan fingerprint density at radius 1 is 1.12 bits per heavy atom. The summed E-state index contributed by atoms with van der Waals surface area (Å²) in [5.74, 6) is 1.49. The molecule has 0 bridgehead atoms. The third kappa shape index (κ3) is 6.92. The molecule has 32 heavy (non-hydrogen) atoms. The van der Waals surface area contributed by atoms with Crippen LogP contribution in [0.2, 0.25) is 0 Å². The van der Waals surface area contributed by atoms with Crippen molar-refractivity contribution in [2.75, 3.05) is 60.2 Å². The van der Waals surface area contributed by atoms with E-state index in [4.69, 9.17) is 14.2 Å². The summed E-state index contributed by atoms with van der Waals surface area (Å²) in [5, 5.41) is 3.45. The molecule has 1 amide bonds. The number of hydrogen-bond donors (Lipinski definition) is 1. The van der Waals surface area contributed by atoms with Crippen LogP contribution in [-0.4, -0.2) is 94.0 Å². The number of carbonyl (C=O) groups excluding carboxylic acids is 1. The molecule has 0 radical (unpaired) electrons. The van der Waals surface area contributed by atoms with Crippen molar-refractivity contribution in [2.24, 2.45) is 10.9 Å². The highest BCUT2D eigenvalue weighted by atomic mass is 16.5. The Hall–Kier alpha value is -2.16. The Kier molecular flexibility index (Phi) is 9.32. The van der Waals surface area contributed by atoms with Crippen LogP contribution in [0.4, 0.5) is 0 Å². The average molecular weight is 447 g/mol. The molecule has 2 fully saturated rings. The molecule has 1 aromatic carbocycles. The minimum Gasteiger partial charge on any atom is -0.382 e. The van der Waals surface area contributed by atoms with E-state index in [1.165, 1.54) is 0 Å². The molecule has 0 aromatic heterocycles. The second-order valence-corrected chi connectivity index (χ2v) is 8.73. The standard InChI is InChI=1S/C24H38N4O4/c1-18-14-28(15-19(2)32-18)23(29)22-7-5-20(6-8-22)13-26-24(25-3)27-10-9-21(16-27)17-31-12-11-30-4/h5-8,18-19,21H,9-17H2,1-4H3,(H,25,26). The van der Waals surface area contributed by atoms with Crippen molar-refractivity contribution in [2.45, 2.75) is 39.0 Å². The summed E-state index contributed by atoms with van der Waals surface area (Å²) in [6.45, 7) is 9.90. The topological polar surface area (TPSA) is 75.6 Å². The predicted molar refractivity (Wildman–Crippen MR) is 125 cm³/mol. The number of rotatable bonds is 8. The van der Waals surface area contributed by atoms with Crippen LogP contribution in [0.3, 0.4) is 0 Å². The first kappa shape index (κ1) is 24.5. The van der Waals surface area contributed by atoms with Gasteiger partial charge in [-0.1, -0.05) is 12.1 Å². The Morgan fingerprint density at radius 2 is 1.84 bits per heavy atom. The van der Waals surface area contributed by atoms with Crippen LogP contribution in [0, 0.1) is 5.92 Å². The molecule has 3 unspecified atom stereocenters. The molecule has 3 rings (SSSR count). The molecule has 0 aliphatic carbocycles. The summed E-state index contributed by atoms with van der Waals surface area (Å²) in [6, 6.07) is 7.85. The Bertz CT molecular complexity index is 745. The zero-order chi connectivity index (χ0) is 22.9. The van der Waals surface area contributed by atoms with Crippen LogP contribution in [-0.2, 0) is 20.8 Å². The van der Waals surface area contributed by atoms with Crippen LogP contribution < -0.4 is 5.32 Å². The van der Waals surface area contributed by atoms with Gasteiger partial charge in [0.2, 0.25) is 0 Å². The van der Waals surface area contributed by atoms with E-state index in [9.17, 15) is 4.79 Å². The molecule has 8 nitrogen and oxygen atoms in total. The van der Waals surface area contributed by atoms with E-state index in [1.54, 1.807) is 7.11 Å². The number of nitrogens with one attached hydrogen (secondary N) is 1. The van der Waals surface area contributed by atoms with Gasteiger partial charge in [-0.2, -0.15) is 0 Å². The minimum absolute atomic E-state index is 0.0677. The van der Waals surface area contributed by atoms with Crippen molar-refractivity contribution in [1.82, 2.24) is 15.1 Å². The molecule has 2 aliphatic rings. The van der Waals surface area contributed by atoms with Crippen LogP contribution in [0.15, 0.2) is 29.3 Å². The van der Waals surface area contributed by atoms with Gasteiger partial charge in [-0.05, 0) is 38.0 Å². The smallest absolute Gasteiger partial charge is 0.254 e. The van der Waals surface area contributed by atoms with Crippen molar-refractivity contribution in [1.29, 1.82) is 0 Å². The first-order chi connectivity index (χ1) is 15.5. The monoisotopic (exact) mass is 446 g/mol. The van der Waals surface area contributed by atoms with Crippen molar-refractivity contribution in [3.63, 3.8) is 0 Å². The summed E-state index contributed by atoms with van der Waals surface area (Å²) in [5.41, 5.74) is 1.83. The Balaban J connectivity index is 1.46. The first-order valence-electron chi connectivity index (χ1n) is 11.6. The molecule has 1 N–H and O–H groups in total. The zero-order valence-electron chi connectivity index (χ0n) is 19.9. The predicted octanol–water partition coefficient (Wildman–Crippen LogP) is 2.00. The molecule has 2 saturated heterocycles. The average Bonchev–Trinajstić information content (AvgIpc) is 3.25. The molecular weight excluding hydrogens is 408 g/mol. The van der Waals surface area contributed by atoms with E-state index >= 15 is 0 Å². The SMILES string of the molecule is CN=C(NCc1ccc(C(=O)N2CC(C)OC(C)C2)cc1)N1CCC(COCCOC)C1. The van der Waals surface area contributed by atoms with E-state index in [1.807, 2.05) is 50.1 Å². The van der Waals surface area contributed by atoms with Gasteiger partial charge >= 0.3 is 0 Å². The number of benzene rings is 1.